The Bertz CT molecular complexity index is 1280. The third kappa shape index (κ3) is 4.88. The minimum Gasteiger partial charge on any atom is -0.342 e. The molecule has 1 N–H and O–H groups in total. The average molecular weight is 506 g/mol. The van der Waals surface area contributed by atoms with Crippen LogP contribution in [0.4, 0.5) is 13.2 Å². The summed E-state index contributed by atoms with van der Waals surface area (Å²) in [5.41, 5.74) is 3.96. The van der Waals surface area contributed by atoms with Crippen LogP contribution in [0.3, 0.4) is 0 Å². The number of rotatable bonds is 5. The van der Waals surface area contributed by atoms with Crippen LogP contribution < -0.4 is 5.43 Å². The van der Waals surface area contributed by atoms with Gasteiger partial charge in [0.2, 0.25) is 0 Å². The van der Waals surface area contributed by atoms with Crippen LogP contribution in [-0.4, -0.2) is 16.7 Å². The zero-order valence-electron chi connectivity index (χ0n) is 15.9. The molecule has 158 valence electrons. The molecule has 2 heterocycles. The molecule has 0 bridgehead atoms. The second-order valence-corrected chi connectivity index (χ2v) is 9.19. The summed E-state index contributed by atoms with van der Waals surface area (Å²) in [6.07, 6.45) is -1.04. The van der Waals surface area contributed by atoms with Gasteiger partial charge in [-0.1, -0.05) is 30.3 Å². The number of fused-ring (bicyclic) bond motifs is 1. The van der Waals surface area contributed by atoms with Crippen LogP contribution in [0.1, 0.15) is 26.4 Å². The monoisotopic (exact) mass is 505 g/mol. The zero-order chi connectivity index (χ0) is 22.0. The Morgan fingerprint density at radius 3 is 2.68 bits per heavy atom. The molecule has 4 nitrogen and oxygen atoms in total. The van der Waals surface area contributed by atoms with Gasteiger partial charge < -0.3 is 4.57 Å². The van der Waals surface area contributed by atoms with Crippen molar-refractivity contribution in [2.45, 2.75) is 12.7 Å². The summed E-state index contributed by atoms with van der Waals surface area (Å²) in [4.78, 5) is 12.7. The summed E-state index contributed by atoms with van der Waals surface area (Å²) in [5.74, 6) is -0.320. The van der Waals surface area contributed by atoms with Gasteiger partial charge in [-0.15, -0.1) is 11.3 Å². The zero-order valence-corrected chi connectivity index (χ0v) is 18.3. The van der Waals surface area contributed by atoms with Crippen molar-refractivity contribution in [1.29, 1.82) is 0 Å². The Kier molecular flexibility index (Phi) is 5.97. The van der Waals surface area contributed by atoms with Crippen LogP contribution in [0, 0.1) is 0 Å². The lowest BCUT2D eigenvalue weighted by Crippen LogP contribution is -2.16. The normalized spacial score (nSPS) is 12.0. The highest BCUT2D eigenvalue weighted by Crippen LogP contribution is 2.30. The smallest absolute Gasteiger partial charge is 0.342 e. The van der Waals surface area contributed by atoms with E-state index >= 15 is 0 Å². The average Bonchev–Trinajstić information content (AvgIpc) is 3.32. The van der Waals surface area contributed by atoms with E-state index in [1.807, 2.05) is 35.0 Å². The summed E-state index contributed by atoms with van der Waals surface area (Å²) in [7, 11) is 0. The Morgan fingerprint density at radius 1 is 1.13 bits per heavy atom. The van der Waals surface area contributed by atoms with Crippen LogP contribution in [0.5, 0.6) is 0 Å². The number of nitrogens with zero attached hydrogens (tertiary/aromatic N) is 2. The van der Waals surface area contributed by atoms with E-state index in [1.54, 1.807) is 18.2 Å². The number of halogens is 4. The van der Waals surface area contributed by atoms with Crippen LogP contribution in [0.25, 0.3) is 10.9 Å². The number of alkyl halides is 3. The van der Waals surface area contributed by atoms with Crippen molar-refractivity contribution in [2.75, 3.05) is 0 Å². The molecule has 0 aliphatic heterocycles. The lowest BCUT2D eigenvalue weighted by atomic mass is 10.1. The third-order valence-electron chi connectivity index (χ3n) is 4.59. The van der Waals surface area contributed by atoms with Crippen LogP contribution in [0.15, 0.2) is 75.7 Å². The van der Waals surface area contributed by atoms with Gasteiger partial charge in [-0.3, -0.25) is 4.79 Å². The Balaban J connectivity index is 1.58. The number of hydrogen-bond donors (Lipinski definition) is 1. The number of hydrogen-bond acceptors (Lipinski definition) is 3. The fourth-order valence-electron chi connectivity index (χ4n) is 3.20. The maximum absolute atomic E-state index is 13.0. The van der Waals surface area contributed by atoms with Crippen molar-refractivity contribution in [3.8, 4) is 0 Å². The number of aromatic nitrogens is 1. The predicted octanol–water partition coefficient (Wildman–Crippen LogP) is 6.30. The fourth-order valence-corrected chi connectivity index (χ4v) is 4.48. The van der Waals surface area contributed by atoms with E-state index in [0.717, 1.165) is 32.4 Å². The molecule has 0 spiro atoms. The molecule has 0 fully saturated rings. The summed E-state index contributed by atoms with van der Waals surface area (Å²) >= 11 is 4.61. The van der Waals surface area contributed by atoms with E-state index in [1.165, 1.54) is 23.6 Å². The highest BCUT2D eigenvalue weighted by Gasteiger charge is 2.30. The van der Waals surface area contributed by atoms with E-state index in [4.69, 9.17) is 0 Å². The van der Waals surface area contributed by atoms with Crippen molar-refractivity contribution in [1.82, 2.24) is 9.99 Å². The second kappa shape index (κ2) is 8.68. The summed E-state index contributed by atoms with van der Waals surface area (Å²) in [5, 5.41) is 4.93. The quantitative estimate of drug-likeness (QED) is 0.251. The first-order chi connectivity index (χ1) is 14.8. The highest BCUT2D eigenvalue weighted by atomic mass is 79.9. The molecule has 4 aromatic rings. The van der Waals surface area contributed by atoms with Gasteiger partial charge in [0.1, 0.15) is 0 Å². The largest absolute Gasteiger partial charge is 0.416 e. The van der Waals surface area contributed by atoms with Crippen molar-refractivity contribution in [3.05, 3.63) is 92.2 Å². The Hall–Kier alpha value is -2.91. The molecule has 1 amide bonds. The number of nitrogens with one attached hydrogen (secondary N) is 1. The van der Waals surface area contributed by atoms with E-state index in [-0.39, 0.29) is 12.5 Å². The molecule has 0 saturated heterocycles. The molecule has 0 aliphatic carbocycles. The highest BCUT2D eigenvalue weighted by molar-refractivity contribution is 9.11. The molecule has 9 heteroatoms. The molecule has 0 saturated carbocycles. The fraction of sp³-hybridized carbons (Fsp3) is 0.0909. The van der Waals surface area contributed by atoms with Gasteiger partial charge in [-0.2, -0.15) is 18.3 Å². The first-order valence-corrected chi connectivity index (χ1v) is 10.7. The van der Waals surface area contributed by atoms with Gasteiger partial charge in [0.25, 0.3) is 5.91 Å². The number of thiophene rings is 1. The van der Waals surface area contributed by atoms with Gasteiger partial charge in [0, 0.05) is 29.2 Å². The van der Waals surface area contributed by atoms with E-state index in [0.29, 0.717) is 10.4 Å². The molecule has 2 aromatic carbocycles. The number of carbonyl (C=O) groups is 1. The van der Waals surface area contributed by atoms with Gasteiger partial charge >= 0.3 is 6.18 Å². The summed E-state index contributed by atoms with van der Waals surface area (Å²) in [6, 6.07) is 16.3. The first-order valence-electron chi connectivity index (χ1n) is 9.14. The molecule has 31 heavy (non-hydrogen) atoms. The number of para-hydroxylation sites is 1. The number of amides is 1. The molecular formula is C22H15BrF3N3OS. The maximum atomic E-state index is 13.0. The lowest BCUT2D eigenvalue weighted by molar-refractivity contribution is -0.137. The number of benzene rings is 2. The Labute approximate surface area is 188 Å². The molecule has 0 atom stereocenters. The van der Waals surface area contributed by atoms with Crippen molar-refractivity contribution in [2.24, 2.45) is 5.10 Å². The minimum absolute atomic E-state index is 0.272. The molecule has 4 rings (SSSR count). The predicted molar refractivity (Wildman–Crippen MR) is 120 cm³/mol. The van der Waals surface area contributed by atoms with Gasteiger partial charge in [-0.25, -0.2) is 5.43 Å². The molecular weight excluding hydrogens is 491 g/mol. The molecule has 0 unspecified atom stereocenters. The van der Waals surface area contributed by atoms with Crippen molar-refractivity contribution >= 4 is 50.3 Å². The van der Waals surface area contributed by atoms with Crippen LogP contribution >= 0.6 is 27.3 Å². The standard InChI is InChI=1S/C22H15BrF3N3OS/c23-20-9-8-19(31-20)21(30)28-27-11-15-13-29(18-7-2-1-6-17(15)18)12-14-4-3-5-16(10-14)22(24,25)26/h1-11,13H,12H2,(H,28,30)/b27-11-. The van der Waals surface area contributed by atoms with Gasteiger partial charge in [0.15, 0.2) is 0 Å². The summed E-state index contributed by atoms with van der Waals surface area (Å²) in [6.45, 7) is 0.272. The molecule has 0 aliphatic rings. The summed E-state index contributed by atoms with van der Waals surface area (Å²) < 4.78 is 41.8. The third-order valence-corrected chi connectivity index (χ3v) is 6.22. The first kappa shape index (κ1) is 21.3. The molecule has 2 aromatic heterocycles. The maximum Gasteiger partial charge on any atom is 0.416 e. The van der Waals surface area contributed by atoms with E-state index in [9.17, 15) is 18.0 Å². The van der Waals surface area contributed by atoms with Gasteiger partial charge in [0.05, 0.1) is 20.4 Å². The van der Waals surface area contributed by atoms with Crippen molar-refractivity contribution < 1.29 is 18.0 Å². The lowest BCUT2D eigenvalue weighted by Gasteiger charge is -2.10. The second-order valence-electron chi connectivity index (χ2n) is 6.73. The van der Waals surface area contributed by atoms with Crippen LogP contribution in [-0.2, 0) is 12.7 Å². The Morgan fingerprint density at radius 2 is 1.94 bits per heavy atom. The van der Waals surface area contributed by atoms with E-state index in [2.05, 4.69) is 26.5 Å². The minimum atomic E-state index is -4.39. The molecule has 0 radical (unpaired) electrons. The van der Waals surface area contributed by atoms with Crippen LogP contribution in [0.2, 0.25) is 0 Å². The van der Waals surface area contributed by atoms with Gasteiger partial charge in [-0.05, 0) is 51.8 Å². The SMILES string of the molecule is O=C(N/N=C\c1cn(Cc2cccc(C(F)(F)F)c2)c2ccccc12)c1ccc(Br)s1. The van der Waals surface area contributed by atoms with Crippen molar-refractivity contribution in [3.63, 3.8) is 0 Å². The van der Waals surface area contributed by atoms with E-state index < -0.39 is 11.7 Å². The topological polar surface area (TPSA) is 46.4 Å². The number of hydrazone groups is 1. The number of carbonyl (C=O) groups excluding carboxylic acids is 1.